The van der Waals surface area contributed by atoms with Gasteiger partial charge in [0.25, 0.3) is 5.91 Å². The maximum absolute atomic E-state index is 12.8. The number of likely N-dealkylation sites (tertiary alicyclic amines) is 1. The molecule has 1 amide bonds. The zero-order valence-corrected chi connectivity index (χ0v) is 11.9. The Morgan fingerprint density at radius 1 is 1.45 bits per heavy atom. The van der Waals surface area contributed by atoms with Gasteiger partial charge in [-0.3, -0.25) is 4.79 Å². The van der Waals surface area contributed by atoms with Crippen LogP contribution < -0.4 is 0 Å². The molecule has 110 valence electrons. The summed E-state index contributed by atoms with van der Waals surface area (Å²) in [6, 6.07) is 4.61. The molecule has 20 heavy (non-hydrogen) atoms. The minimum absolute atomic E-state index is 0.0470. The number of piperidine rings is 1. The standard InChI is InChI=1S/C12H12BrF3N2O2/c13-9-4-1-3-8(17-9)10(19)18-6-2-5-11(20,7-18)12(14,15)16/h1,3-4,20H,2,5-7H2. The Bertz CT molecular complexity index is 524. The van der Waals surface area contributed by atoms with Gasteiger partial charge in [-0.05, 0) is 40.9 Å². The number of aliphatic hydroxyl groups is 1. The molecule has 1 saturated heterocycles. The summed E-state index contributed by atoms with van der Waals surface area (Å²) in [7, 11) is 0. The fourth-order valence-corrected chi connectivity index (χ4v) is 2.47. The van der Waals surface area contributed by atoms with Crippen molar-refractivity contribution in [3.8, 4) is 0 Å². The van der Waals surface area contributed by atoms with Gasteiger partial charge in [0.15, 0.2) is 5.60 Å². The molecule has 0 radical (unpaired) electrons. The minimum atomic E-state index is -4.75. The lowest BCUT2D eigenvalue weighted by atomic mass is 9.92. The molecule has 1 unspecified atom stereocenters. The molecule has 2 heterocycles. The Kier molecular flexibility index (Phi) is 4.06. The van der Waals surface area contributed by atoms with Crippen molar-refractivity contribution in [2.45, 2.75) is 24.6 Å². The van der Waals surface area contributed by atoms with Crippen LogP contribution in [0.3, 0.4) is 0 Å². The van der Waals surface area contributed by atoms with E-state index in [-0.39, 0.29) is 18.7 Å². The molecule has 0 bridgehead atoms. The smallest absolute Gasteiger partial charge is 0.379 e. The van der Waals surface area contributed by atoms with E-state index in [0.717, 1.165) is 4.90 Å². The van der Waals surface area contributed by atoms with E-state index in [0.29, 0.717) is 4.60 Å². The van der Waals surface area contributed by atoms with Crippen molar-refractivity contribution >= 4 is 21.8 Å². The second-order valence-electron chi connectivity index (χ2n) is 4.71. The third kappa shape index (κ3) is 2.95. The Hall–Kier alpha value is -1.15. The lowest BCUT2D eigenvalue weighted by Gasteiger charge is -2.39. The summed E-state index contributed by atoms with van der Waals surface area (Å²) >= 11 is 3.10. The van der Waals surface area contributed by atoms with Crippen LogP contribution in [-0.2, 0) is 0 Å². The molecule has 1 aromatic heterocycles. The quantitative estimate of drug-likeness (QED) is 0.789. The van der Waals surface area contributed by atoms with Crippen LogP contribution in [0, 0.1) is 0 Å². The Morgan fingerprint density at radius 3 is 2.75 bits per heavy atom. The molecule has 1 aliphatic rings. The van der Waals surface area contributed by atoms with Crippen molar-refractivity contribution in [3.63, 3.8) is 0 Å². The van der Waals surface area contributed by atoms with Crippen molar-refractivity contribution in [3.05, 3.63) is 28.5 Å². The van der Waals surface area contributed by atoms with E-state index in [9.17, 15) is 23.1 Å². The molecule has 1 atom stereocenters. The van der Waals surface area contributed by atoms with Gasteiger partial charge in [-0.15, -0.1) is 0 Å². The number of amides is 1. The number of hydrogen-bond donors (Lipinski definition) is 1. The predicted molar refractivity (Wildman–Crippen MR) is 68.1 cm³/mol. The number of pyridine rings is 1. The summed E-state index contributed by atoms with van der Waals surface area (Å²) in [5.41, 5.74) is -2.79. The van der Waals surface area contributed by atoms with E-state index < -0.39 is 30.7 Å². The minimum Gasteiger partial charge on any atom is -0.379 e. The van der Waals surface area contributed by atoms with E-state index in [1.165, 1.54) is 6.07 Å². The molecule has 1 aliphatic heterocycles. The first-order valence-corrected chi connectivity index (χ1v) is 6.73. The van der Waals surface area contributed by atoms with Crippen LogP contribution in [0.1, 0.15) is 23.3 Å². The highest BCUT2D eigenvalue weighted by atomic mass is 79.9. The fourth-order valence-electron chi connectivity index (χ4n) is 2.13. The van der Waals surface area contributed by atoms with Crippen LogP contribution in [0.5, 0.6) is 0 Å². The number of alkyl halides is 3. The highest BCUT2D eigenvalue weighted by Gasteiger charge is 2.56. The number of β-amino-alcohol motifs (C(OH)–C–C–N with tert-alkyl or cyclic N) is 1. The number of carbonyl (C=O) groups excluding carboxylic acids is 1. The molecule has 1 aromatic rings. The SMILES string of the molecule is O=C(c1cccc(Br)n1)N1CCCC(O)(C(F)(F)F)C1. The average Bonchev–Trinajstić information content (AvgIpc) is 2.36. The number of hydrogen-bond acceptors (Lipinski definition) is 3. The van der Waals surface area contributed by atoms with Crippen molar-refractivity contribution in [2.24, 2.45) is 0 Å². The Morgan fingerprint density at radius 2 is 2.15 bits per heavy atom. The summed E-state index contributed by atoms with van der Waals surface area (Å²) in [6.07, 6.45) is -5.06. The Labute approximate surface area is 121 Å². The van der Waals surface area contributed by atoms with Crippen LogP contribution in [0.15, 0.2) is 22.8 Å². The summed E-state index contributed by atoms with van der Waals surface area (Å²) in [4.78, 5) is 17.0. The third-order valence-electron chi connectivity index (χ3n) is 3.22. The number of aromatic nitrogens is 1. The molecular formula is C12H12BrF3N2O2. The molecule has 8 heteroatoms. The van der Waals surface area contributed by atoms with Gasteiger partial charge in [0.1, 0.15) is 10.3 Å². The normalized spacial score (nSPS) is 23.8. The zero-order valence-electron chi connectivity index (χ0n) is 10.3. The lowest BCUT2D eigenvalue weighted by Crippen LogP contribution is -2.58. The molecule has 0 spiro atoms. The highest BCUT2D eigenvalue weighted by Crippen LogP contribution is 2.37. The topological polar surface area (TPSA) is 53.4 Å². The molecular weight excluding hydrogens is 341 g/mol. The third-order valence-corrected chi connectivity index (χ3v) is 3.66. The first-order chi connectivity index (χ1) is 9.23. The summed E-state index contributed by atoms with van der Waals surface area (Å²) < 4.78 is 38.9. The van der Waals surface area contributed by atoms with E-state index >= 15 is 0 Å². The molecule has 0 saturated carbocycles. The maximum Gasteiger partial charge on any atom is 0.418 e. The molecule has 4 nitrogen and oxygen atoms in total. The number of carbonyl (C=O) groups is 1. The number of halogens is 4. The monoisotopic (exact) mass is 352 g/mol. The molecule has 1 fully saturated rings. The van der Waals surface area contributed by atoms with Crippen LogP contribution in [0.2, 0.25) is 0 Å². The first kappa shape index (κ1) is 15.2. The number of nitrogens with zero attached hydrogens (tertiary/aromatic N) is 2. The van der Waals surface area contributed by atoms with Gasteiger partial charge in [0.05, 0.1) is 6.54 Å². The molecule has 0 aromatic carbocycles. The second kappa shape index (κ2) is 5.33. The predicted octanol–water partition coefficient (Wildman–Crippen LogP) is 2.37. The largest absolute Gasteiger partial charge is 0.418 e. The van der Waals surface area contributed by atoms with E-state index in [4.69, 9.17) is 0 Å². The summed E-state index contributed by atoms with van der Waals surface area (Å²) in [6.45, 7) is -0.588. The zero-order chi connectivity index (χ0) is 15.0. The van der Waals surface area contributed by atoms with Gasteiger partial charge in [-0.2, -0.15) is 13.2 Å². The van der Waals surface area contributed by atoms with E-state index in [1.54, 1.807) is 12.1 Å². The second-order valence-corrected chi connectivity index (χ2v) is 5.52. The molecule has 2 rings (SSSR count). The van der Waals surface area contributed by atoms with Gasteiger partial charge in [0.2, 0.25) is 0 Å². The molecule has 1 N–H and O–H groups in total. The van der Waals surface area contributed by atoms with Gasteiger partial charge in [0, 0.05) is 6.54 Å². The number of rotatable bonds is 1. The molecule has 0 aliphatic carbocycles. The average molecular weight is 353 g/mol. The van der Waals surface area contributed by atoms with Crippen LogP contribution in [0.25, 0.3) is 0 Å². The van der Waals surface area contributed by atoms with Crippen LogP contribution in [0.4, 0.5) is 13.2 Å². The van der Waals surface area contributed by atoms with Crippen LogP contribution >= 0.6 is 15.9 Å². The first-order valence-electron chi connectivity index (χ1n) is 5.94. The van der Waals surface area contributed by atoms with Crippen molar-refractivity contribution in [2.75, 3.05) is 13.1 Å². The summed E-state index contributed by atoms with van der Waals surface area (Å²) in [5, 5.41) is 9.68. The maximum atomic E-state index is 12.8. The van der Waals surface area contributed by atoms with Crippen LogP contribution in [-0.4, -0.2) is 45.8 Å². The van der Waals surface area contributed by atoms with Crippen molar-refractivity contribution < 1.29 is 23.1 Å². The fraction of sp³-hybridized carbons (Fsp3) is 0.500. The van der Waals surface area contributed by atoms with Crippen molar-refractivity contribution in [1.29, 1.82) is 0 Å². The van der Waals surface area contributed by atoms with E-state index in [1.807, 2.05) is 0 Å². The van der Waals surface area contributed by atoms with Gasteiger partial charge in [-0.1, -0.05) is 6.07 Å². The van der Waals surface area contributed by atoms with Gasteiger partial charge >= 0.3 is 6.18 Å². The Balaban J connectivity index is 2.19. The van der Waals surface area contributed by atoms with Gasteiger partial charge < -0.3 is 10.0 Å². The van der Waals surface area contributed by atoms with Gasteiger partial charge in [-0.25, -0.2) is 4.98 Å². The lowest BCUT2D eigenvalue weighted by molar-refractivity contribution is -0.271. The van der Waals surface area contributed by atoms with E-state index in [2.05, 4.69) is 20.9 Å². The highest BCUT2D eigenvalue weighted by molar-refractivity contribution is 9.10. The van der Waals surface area contributed by atoms with Crippen molar-refractivity contribution in [1.82, 2.24) is 9.88 Å². The summed E-state index contributed by atoms with van der Waals surface area (Å²) in [5.74, 6) is -0.617.